The Morgan fingerprint density at radius 2 is 1.04 bits per heavy atom. The van der Waals surface area contributed by atoms with Gasteiger partial charge in [-0.2, -0.15) is 0 Å². The molecule has 7 fully saturated rings. The Hall–Kier alpha value is -1.22. The Kier molecular flexibility index (Phi) is 19.1. The first-order chi connectivity index (χ1) is 36.4. The zero-order valence-corrected chi connectivity index (χ0v) is 46.1. The van der Waals surface area contributed by atoms with E-state index in [1.54, 1.807) is 13.8 Å². The Bertz CT molecular complexity index is 2030. The van der Waals surface area contributed by atoms with Gasteiger partial charge >= 0.3 is 0 Å². The van der Waals surface area contributed by atoms with E-state index in [9.17, 15) is 81.7 Å². The molecule has 78 heavy (non-hydrogen) atoms. The van der Waals surface area contributed by atoms with Crippen LogP contribution in [0.15, 0.2) is 11.6 Å². The molecule has 0 amide bonds. The van der Waals surface area contributed by atoms with E-state index in [1.807, 2.05) is 0 Å². The molecule has 452 valence electrons. The summed E-state index contributed by atoms with van der Waals surface area (Å²) in [4.78, 5) is 0. The van der Waals surface area contributed by atoms with Crippen molar-refractivity contribution in [3.8, 4) is 0 Å². The zero-order valence-electron chi connectivity index (χ0n) is 46.1. The molecule has 4 saturated heterocycles. The smallest absolute Gasteiger partial charge is 0.187 e. The van der Waals surface area contributed by atoms with Crippen molar-refractivity contribution in [2.75, 3.05) is 26.4 Å². The van der Waals surface area contributed by atoms with Crippen LogP contribution in [0.5, 0.6) is 0 Å². The fourth-order valence-electron chi connectivity index (χ4n) is 15.5. The maximum absolute atomic E-state index is 12.7. The molecule has 8 rings (SSSR count). The molecule has 3 unspecified atom stereocenters. The van der Waals surface area contributed by atoms with Crippen LogP contribution in [0, 0.1) is 45.3 Å². The number of fused-ring (bicyclic) bond motifs is 5. The maximum atomic E-state index is 12.7. The first-order valence-corrected chi connectivity index (χ1v) is 28.0. The summed E-state index contributed by atoms with van der Waals surface area (Å²) in [6.07, 6.45) is -26.2. The molecule has 4 aliphatic carbocycles. The molecule has 0 bridgehead atoms. The lowest BCUT2D eigenvalue weighted by Crippen LogP contribution is -2.65. The molecule has 0 aromatic carbocycles. The van der Waals surface area contributed by atoms with Crippen LogP contribution in [-0.2, 0) is 37.9 Å². The first kappa shape index (κ1) is 62.8. The van der Waals surface area contributed by atoms with Gasteiger partial charge in [0.15, 0.2) is 25.2 Å². The number of hydrogen-bond acceptors (Lipinski definition) is 24. The molecule has 3 saturated carbocycles. The van der Waals surface area contributed by atoms with Crippen molar-refractivity contribution in [1.29, 1.82) is 0 Å². The van der Waals surface area contributed by atoms with E-state index in [4.69, 9.17) is 37.9 Å². The molecular weight excluding hydrogens is 1030 g/mol. The van der Waals surface area contributed by atoms with Crippen molar-refractivity contribution in [2.24, 2.45) is 45.3 Å². The van der Waals surface area contributed by atoms with Gasteiger partial charge in [-0.1, -0.05) is 53.2 Å². The minimum absolute atomic E-state index is 0.0242. The van der Waals surface area contributed by atoms with E-state index < -0.39 is 184 Å². The van der Waals surface area contributed by atoms with E-state index in [0.717, 1.165) is 18.4 Å². The largest absolute Gasteiger partial charge is 0.394 e. The highest BCUT2D eigenvalue weighted by Crippen LogP contribution is 2.75. The zero-order chi connectivity index (χ0) is 57.5. The monoisotopic (exact) mass is 1120 g/mol. The highest BCUT2D eigenvalue weighted by molar-refractivity contribution is 5.32. The summed E-state index contributed by atoms with van der Waals surface area (Å²) >= 11 is 0. The summed E-state index contributed by atoms with van der Waals surface area (Å²) < 4.78 is 46.9. The predicted molar refractivity (Wildman–Crippen MR) is 268 cm³/mol. The van der Waals surface area contributed by atoms with E-state index in [-0.39, 0.29) is 34.5 Å². The highest BCUT2D eigenvalue weighted by atomic mass is 16.7. The number of aliphatic hydroxyl groups is 16. The lowest BCUT2D eigenvalue weighted by molar-refractivity contribution is -0.341. The predicted octanol–water partition coefficient (Wildman–Crippen LogP) is -3.23. The highest BCUT2D eigenvalue weighted by Gasteiger charge is 2.70. The van der Waals surface area contributed by atoms with Gasteiger partial charge in [0.2, 0.25) is 0 Å². The Morgan fingerprint density at radius 3 is 1.54 bits per heavy atom. The van der Waals surface area contributed by atoms with E-state index in [0.29, 0.717) is 38.5 Å². The summed E-state index contributed by atoms with van der Waals surface area (Å²) in [5.41, 5.74) is -2.02. The molecular formula is C54H92O24. The van der Waals surface area contributed by atoms with Gasteiger partial charge in [-0.15, -0.1) is 0 Å². The van der Waals surface area contributed by atoms with E-state index in [1.165, 1.54) is 0 Å². The number of allylic oxidation sites excluding steroid dienone is 1. The lowest BCUT2D eigenvalue weighted by Gasteiger charge is -2.67. The van der Waals surface area contributed by atoms with Gasteiger partial charge in [0.1, 0.15) is 97.7 Å². The average molecular weight is 1130 g/mol. The standard InChI is InChI=1S/C54H92O24/c1-22(9-13-33(51(4,5)70)78-49-45(69)41(65)37(61)29(76-49)21-72-47-43(67)39(63)35(59)27(19-56)74-47)23-15-16-52(6)30-12-10-24-25(54(30,8)31(57)17-53(23,52)7)11-14-32(50(24,2)3)77-48-44(68)40(64)36(60)28(75-48)20-71-46-42(66)38(62)34(58)26(18-55)73-46/h10,22-23,25-49,55-70H,9,11-21H2,1-8H3/t22-,23?,25?,26-,27-,28-,29-,30?,31-,32+,33-,34-,35-,36-,37-,38+,39+,40+,41+,42-,43-,44-,45-,46-,47-,48+,49+,52+,53-,54+/m1/s1. The second-order valence-corrected chi connectivity index (χ2v) is 25.9. The van der Waals surface area contributed by atoms with Crippen molar-refractivity contribution < 1.29 is 120 Å². The van der Waals surface area contributed by atoms with Crippen molar-refractivity contribution in [1.82, 2.24) is 0 Å². The van der Waals surface area contributed by atoms with Crippen molar-refractivity contribution >= 4 is 0 Å². The summed E-state index contributed by atoms with van der Waals surface area (Å²) in [6.45, 7) is 13.9. The normalized spacial score (nSPS) is 51.4. The third kappa shape index (κ3) is 11.1. The van der Waals surface area contributed by atoms with Gasteiger partial charge in [-0.05, 0) is 99.7 Å². The average Bonchev–Trinajstić information content (AvgIpc) is 2.95. The quantitative estimate of drug-likeness (QED) is 0.0637. The summed E-state index contributed by atoms with van der Waals surface area (Å²) in [5, 5.41) is 171. The van der Waals surface area contributed by atoms with Crippen molar-refractivity contribution in [3.63, 3.8) is 0 Å². The van der Waals surface area contributed by atoms with Crippen LogP contribution in [0.1, 0.15) is 107 Å². The Balaban J connectivity index is 0.909. The van der Waals surface area contributed by atoms with Gasteiger partial charge < -0.3 is 120 Å². The number of hydrogen-bond donors (Lipinski definition) is 16. The van der Waals surface area contributed by atoms with Crippen LogP contribution in [0.3, 0.4) is 0 Å². The lowest BCUT2D eigenvalue weighted by atomic mass is 9.38. The molecule has 0 radical (unpaired) electrons. The molecule has 8 aliphatic rings. The summed E-state index contributed by atoms with van der Waals surface area (Å²) in [5.74, 6) is 0.307. The third-order valence-electron chi connectivity index (χ3n) is 20.8. The molecule has 0 aromatic heterocycles. The minimum atomic E-state index is -1.77. The molecule has 0 aromatic rings. The Morgan fingerprint density at radius 1 is 0.577 bits per heavy atom. The topological polar surface area (TPSA) is 398 Å². The van der Waals surface area contributed by atoms with Crippen molar-refractivity contribution in [2.45, 2.75) is 253 Å². The maximum Gasteiger partial charge on any atom is 0.187 e. The molecule has 4 aliphatic heterocycles. The van der Waals surface area contributed by atoms with E-state index >= 15 is 0 Å². The first-order valence-electron chi connectivity index (χ1n) is 28.0. The van der Waals surface area contributed by atoms with Gasteiger partial charge in [0.25, 0.3) is 0 Å². The number of rotatable bonds is 17. The van der Waals surface area contributed by atoms with Gasteiger partial charge in [-0.3, -0.25) is 0 Å². The van der Waals surface area contributed by atoms with Crippen LogP contribution in [-0.4, -0.2) is 255 Å². The number of aliphatic hydroxyl groups excluding tert-OH is 15. The van der Waals surface area contributed by atoms with Crippen molar-refractivity contribution in [3.05, 3.63) is 11.6 Å². The van der Waals surface area contributed by atoms with E-state index in [2.05, 4.69) is 47.6 Å². The van der Waals surface area contributed by atoms with Gasteiger partial charge in [0.05, 0.1) is 50.3 Å². The fraction of sp³-hybridized carbons (Fsp3) is 0.963. The molecule has 0 spiro atoms. The molecule has 16 N–H and O–H groups in total. The number of ether oxygens (including phenoxy) is 8. The fourth-order valence-corrected chi connectivity index (χ4v) is 15.5. The second kappa shape index (κ2) is 23.7. The molecule has 24 heteroatoms. The molecule has 24 nitrogen and oxygen atoms in total. The van der Waals surface area contributed by atoms with Gasteiger partial charge in [-0.25, -0.2) is 0 Å². The summed E-state index contributed by atoms with van der Waals surface area (Å²) in [6, 6.07) is 0. The third-order valence-corrected chi connectivity index (χ3v) is 20.8. The van der Waals surface area contributed by atoms with Crippen LogP contribution < -0.4 is 0 Å². The van der Waals surface area contributed by atoms with Crippen LogP contribution in [0.4, 0.5) is 0 Å². The van der Waals surface area contributed by atoms with Crippen LogP contribution >= 0.6 is 0 Å². The minimum Gasteiger partial charge on any atom is -0.394 e. The van der Waals surface area contributed by atoms with Crippen LogP contribution in [0.2, 0.25) is 0 Å². The van der Waals surface area contributed by atoms with Crippen LogP contribution in [0.25, 0.3) is 0 Å². The molecule has 30 atom stereocenters. The van der Waals surface area contributed by atoms with Gasteiger partial charge in [0, 0.05) is 10.8 Å². The Labute approximate surface area is 455 Å². The summed E-state index contributed by atoms with van der Waals surface area (Å²) in [7, 11) is 0. The SMILES string of the molecule is C[C@H](CC[C@@H](O[C@@H]1O[C@H](CO[C@@H]2O[C@H](CO)[C@@H](O)[C@H](O)[C@H]2O)[C@@H](O)[C@H](O)[C@H]1O)C(C)(C)O)C1CC[C@@]2(C)C3CC=C4C(CC[C@H](O[C@@H]5O[C@H](CO[C@@H]6O[C@H](CO)[C@@H](O)[C@H](O)[C@H]6O)[C@@H](O)[C@H](O)[C@H]5O)C4(C)C)[C@]3(C)[C@H](O)C[C@]12C. The molecule has 4 heterocycles. The second-order valence-electron chi connectivity index (χ2n) is 25.9.